The lowest BCUT2D eigenvalue weighted by Crippen LogP contribution is -2.33. The lowest BCUT2D eigenvalue weighted by Gasteiger charge is -2.03. The van der Waals surface area contributed by atoms with E-state index in [-0.39, 0.29) is 5.92 Å². The van der Waals surface area contributed by atoms with E-state index in [0.29, 0.717) is 31.4 Å². The molecule has 0 spiro atoms. The van der Waals surface area contributed by atoms with Crippen LogP contribution in [0.1, 0.15) is 36.4 Å². The zero-order valence-electron chi connectivity index (χ0n) is 12.4. The normalized spacial score (nSPS) is 12.0. The van der Waals surface area contributed by atoms with Crippen molar-refractivity contribution in [1.82, 2.24) is 15.5 Å². The van der Waals surface area contributed by atoms with Gasteiger partial charge in [-0.3, -0.25) is 4.99 Å². The van der Waals surface area contributed by atoms with Crippen molar-refractivity contribution >= 4 is 17.3 Å². The summed E-state index contributed by atoms with van der Waals surface area (Å²) in [5.41, 5.74) is 5.81. The lowest BCUT2D eigenvalue weighted by atomic mass is 10.2. The molecule has 0 bridgehead atoms. The van der Waals surface area contributed by atoms with Crippen LogP contribution in [0.3, 0.4) is 0 Å². The third kappa shape index (κ3) is 5.18. The third-order valence-corrected chi connectivity index (χ3v) is 3.80. The molecule has 0 aromatic carbocycles. The number of rotatable bonds is 7. The fourth-order valence-electron chi connectivity index (χ4n) is 1.70. The van der Waals surface area contributed by atoms with Crippen molar-refractivity contribution in [3.8, 4) is 0 Å². The van der Waals surface area contributed by atoms with E-state index >= 15 is 0 Å². The second kappa shape index (κ2) is 7.78. The smallest absolute Gasteiger partial charge is 0.228 e. The molecule has 2 heterocycles. The minimum atomic E-state index is 0.277. The maximum atomic E-state index is 5.81. The number of nitrogens with one attached hydrogen (secondary N) is 1. The van der Waals surface area contributed by atoms with Crippen LogP contribution in [0.25, 0.3) is 0 Å². The number of nitrogens with two attached hydrogens (primary N) is 1. The van der Waals surface area contributed by atoms with Crippen LogP contribution in [0.4, 0.5) is 0 Å². The van der Waals surface area contributed by atoms with Crippen molar-refractivity contribution in [3.05, 3.63) is 34.1 Å². The number of nitrogens with zero attached hydrogens (tertiary/aromatic N) is 3. The predicted molar refractivity (Wildman–Crippen MR) is 84.6 cm³/mol. The molecule has 2 aromatic rings. The van der Waals surface area contributed by atoms with Gasteiger partial charge in [-0.05, 0) is 11.4 Å². The molecule has 0 fully saturated rings. The van der Waals surface area contributed by atoms with Gasteiger partial charge >= 0.3 is 0 Å². The van der Waals surface area contributed by atoms with Crippen LogP contribution < -0.4 is 11.1 Å². The summed E-state index contributed by atoms with van der Waals surface area (Å²) in [4.78, 5) is 9.91. The van der Waals surface area contributed by atoms with Crippen molar-refractivity contribution in [2.45, 2.75) is 32.6 Å². The molecule has 0 unspecified atom stereocenters. The predicted octanol–water partition coefficient (Wildman–Crippen LogP) is 1.94. The van der Waals surface area contributed by atoms with Crippen LogP contribution >= 0.6 is 11.3 Å². The van der Waals surface area contributed by atoms with Crippen LogP contribution in [0.5, 0.6) is 0 Å². The fraction of sp³-hybridized carbons (Fsp3) is 0.500. The quantitative estimate of drug-likeness (QED) is 0.603. The van der Waals surface area contributed by atoms with Gasteiger partial charge in [0.15, 0.2) is 11.8 Å². The Kier molecular flexibility index (Phi) is 5.74. The third-order valence-electron chi connectivity index (χ3n) is 2.87. The summed E-state index contributed by atoms with van der Waals surface area (Å²) in [6, 6.07) is 4.15. The minimum Gasteiger partial charge on any atom is -0.370 e. The highest BCUT2D eigenvalue weighted by molar-refractivity contribution is 7.09. The second-order valence-corrected chi connectivity index (χ2v) is 6.01. The van der Waals surface area contributed by atoms with Gasteiger partial charge in [0.05, 0.1) is 0 Å². The number of guanidine groups is 1. The standard InChI is InChI=1S/C14H21N5OS/c1-10(2)13-18-12(20-19-13)6-8-17-14(15)16-7-5-11-4-3-9-21-11/h3-4,9-10H,5-8H2,1-2H3,(H3,15,16,17). The largest absolute Gasteiger partial charge is 0.370 e. The van der Waals surface area contributed by atoms with Crippen molar-refractivity contribution in [2.75, 3.05) is 13.1 Å². The molecule has 7 heteroatoms. The van der Waals surface area contributed by atoms with E-state index in [1.54, 1.807) is 11.3 Å². The molecule has 2 rings (SSSR count). The molecule has 2 aromatic heterocycles. The first-order chi connectivity index (χ1) is 10.1. The van der Waals surface area contributed by atoms with E-state index < -0.39 is 0 Å². The molecule has 0 amide bonds. The average molecular weight is 307 g/mol. The van der Waals surface area contributed by atoms with E-state index in [9.17, 15) is 0 Å². The number of hydrogen-bond acceptors (Lipinski definition) is 5. The molecule has 6 nitrogen and oxygen atoms in total. The molecule has 21 heavy (non-hydrogen) atoms. The molecule has 0 aliphatic rings. The molecule has 0 radical (unpaired) electrons. The van der Waals surface area contributed by atoms with Crippen LogP contribution in [0, 0.1) is 0 Å². The Morgan fingerprint density at radius 2 is 2.33 bits per heavy atom. The molecular formula is C14H21N5OS. The summed E-state index contributed by atoms with van der Waals surface area (Å²) in [6.07, 6.45) is 1.56. The monoisotopic (exact) mass is 307 g/mol. The Bertz CT molecular complexity index is 562. The topological polar surface area (TPSA) is 89.3 Å². The molecule has 3 N–H and O–H groups in total. The average Bonchev–Trinajstić information content (AvgIpc) is 3.09. The molecular weight excluding hydrogens is 286 g/mol. The van der Waals surface area contributed by atoms with E-state index in [2.05, 4.69) is 31.9 Å². The van der Waals surface area contributed by atoms with Gasteiger partial charge in [0.25, 0.3) is 0 Å². The van der Waals surface area contributed by atoms with Gasteiger partial charge in [0.2, 0.25) is 5.89 Å². The summed E-state index contributed by atoms with van der Waals surface area (Å²) in [6.45, 7) is 5.39. The second-order valence-electron chi connectivity index (χ2n) is 4.97. The minimum absolute atomic E-state index is 0.277. The number of hydrogen-bond donors (Lipinski definition) is 2. The molecule has 0 aliphatic carbocycles. The van der Waals surface area contributed by atoms with Gasteiger partial charge in [-0.1, -0.05) is 25.1 Å². The van der Waals surface area contributed by atoms with Crippen LogP contribution in [-0.2, 0) is 12.8 Å². The summed E-state index contributed by atoms with van der Waals surface area (Å²) in [7, 11) is 0. The van der Waals surface area contributed by atoms with E-state index in [1.165, 1.54) is 4.88 Å². The maximum absolute atomic E-state index is 5.81. The molecule has 0 aliphatic heterocycles. The number of thiophene rings is 1. The zero-order chi connectivity index (χ0) is 15.1. The molecule has 0 saturated heterocycles. The summed E-state index contributed by atoms with van der Waals surface area (Å²) >= 11 is 1.74. The summed E-state index contributed by atoms with van der Waals surface area (Å²) in [5.74, 6) is 2.09. The van der Waals surface area contributed by atoms with Crippen molar-refractivity contribution in [1.29, 1.82) is 0 Å². The summed E-state index contributed by atoms with van der Waals surface area (Å²) in [5, 5.41) is 9.04. The first-order valence-corrected chi connectivity index (χ1v) is 7.91. The van der Waals surface area contributed by atoms with Gasteiger partial charge in [-0.2, -0.15) is 4.98 Å². The van der Waals surface area contributed by atoms with Gasteiger partial charge < -0.3 is 15.6 Å². The van der Waals surface area contributed by atoms with Crippen LogP contribution in [0.2, 0.25) is 0 Å². The van der Waals surface area contributed by atoms with Crippen molar-refractivity contribution in [2.24, 2.45) is 10.7 Å². The Morgan fingerprint density at radius 1 is 1.48 bits per heavy atom. The Hall–Kier alpha value is -1.89. The highest BCUT2D eigenvalue weighted by Gasteiger charge is 2.08. The van der Waals surface area contributed by atoms with E-state index in [0.717, 1.165) is 12.2 Å². The SMILES string of the molecule is CC(C)c1noc(CCNC(N)=NCCc2cccs2)n1. The summed E-state index contributed by atoms with van der Waals surface area (Å²) < 4.78 is 5.16. The highest BCUT2D eigenvalue weighted by Crippen LogP contribution is 2.10. The van der Waals surface area contributed by atoms with Crippen molar-refractivity contribution < 1.29 is 4.52 Å². The van der Waals surface area contributed by atoms with Gasteiger partial charge in [-0.25, -0.2) is 0 Å². The lowest BCUT2D eigenvalue weighted by molar-refractivity contribution is 0.371. The maximum Gasteiger partial charge on any atom is 0.228 e. The van der Waals surface area contributed by atoms with Gasteiger partial charge in [0, 0.05) is 36.7 Å². The van der Waals surface area contributed by atoms with E-state index in [4.69, 9.17) is 10.3 Å². The van der Waals surface area contributed by atoms with Crippen LogP contribution in [0.15, 0.2) is 27.0 Å². The first-order valence-electron chi connectivity index (χ1n) is 7.04. The number of aromatic nitrogens is 2. The Labute approximate surface area is 128 Å². The Balaban J connectivity index is 1.67. The molecule has 0 atom stereocenters. The first kappa shape index (κ1) is 15.5. The molecule has 114 valence electrons. The van der Waals surface area contributed by atoms with Crippen LogP contribution in [-0.4, -0.2) is 29.2 Å². The molecule has 0 saturated carbocycles. The van der Waals surface area contributed by atoms with E-state index in [1.807, 2.05) is 19.9 Å². The number of aliphatic imine (C=N–C) groups is 1. The van der Waals surface area contributed by atoms with Gasteiger partial charge in [0.1, 0.15) is 0 Å². The van der Waals surface area contributed by atoms with Gasteiger partial charge in [-0.15, -0.1) is 11.3 Å². The fourth-order valence-corrected chi connectivity index (χ4v) is 2.40. The zero-order valence-corrected chi connectivity index (χ0v) is 13.2. The Morgan fingerprint density at radius 3 is 3.00 bits per heavy atom. The highest BCUT2D eigenvalue weighted by atomic mass is 32.1. The van der Waals surface area contributed by atoms with Crippen molar-refractivity contribution in [3.63, 3.8) is 0 Å².